The maximum Gasteiger partial charge on any atom is 0.318 e. The molecule has 3 nitrogen and oxygen atoms in total. The Labute approximate surface area is 129 Å². The molecule has 114 valence electrons. The van der Waals surface area contributed by atoms with Crippen LogP contribution in [0.3, 0.4) is 0 Å². The summed E-state index contributed by atoms with van der Waals surface area (Å²) in [7, 11) is 0. The van der Waals surface area contributed by atoms with E-state index >= 15 is 0 Å². The third-order valence-electron chi connectivity index (χ3n) is 4.13. The van der Waals surface area contributed by atoms with Gasteiger partial charge in [0.1, 0.15) is 5.82 Å². The van der Waals surface area contributed by atoms with Gasteiger partial charge in [-0.1, -0.05) is 36.4 Å². The lowest BCUT2D eigenvalue weighted by atomic mass is 10.0. The Morgan fingerprint density at radius 2 is 1.82 bits per heavy atom. The highest BCUT2D eigenvalue weighted by atomic mass is 19.1. The van der Waals surface area contributed by atoms with Crippen molar-refractivity contribution in [3.63, 3.8) is 0 Å². The van der Waals surface area contributed by atoms with Crippen molar-refractivity contribution >= 4 is 6.03 Å². The fourth-order valence-electron chi connectivity index (χ4n) is 2.78. The van der Waals surface area contributed by atoms with Gasteiger partial charge in [0.25, 0.3) is 0 Å². The predicted octanol–water partition coefficient (Wildman–Crippen LogP) is 3.65. The molecule has 22 heavy (non-hydrogen) atoms. The number of halogens is 1. The maximum atomic E-state index is 12.9. The number of hydrogen-bond acceptors (Lipinski definition) is 1. The van der Waals surface area contributed by atoms with Crippen LogP contribution in [0.5, 0.6) is 0 Å². The van der Waals surface area contributed by atoms with Gasteiger partial charge in [0.05, 0.1) is 6.04 Å². The lowest BCUT2D eigenvalue weighted by Gasteiger charge is -2.30. The minimum atomic E-state index is -0.269. The summed E-state index contributed by atoms with van der Waals surface area (Å²) >= 11 is 0. The number of amides is 2. The Hall–Kier alpha value is -2.36. The van der Waals surface area contributed by atoms with Crippen LogP contribution in [0, 0.1) is 5.82 Å². The van der Waals surface area contributed by atoms with Crippen LogP contribution in [0.2, 0.25) is 0 Å². The third kappa shape index (κ3) is 3.11. The molecule has 1 aliphatic heterocycles. The van der Waals surface area contributed by atoms with Gasteiger partial charge in [-0.2, -0.15) is 0 Å². The topological polar surface area (TPSA) is 32.3 Å². The smallest absolute Gasteiger partial charge is 0.318 e. The van der Waals surface area contributed by atoms with E-state index in [0.717, 1.165) is 18.5 Å². The Kier molecular flexibility index (Phi) is 4.09. The van der Waals surface area contributed by atoms with Gasteiger partial charge in [0.2, 0.25) is 0 Å². The van der Waals surface area contributed by atoms with E-state index in [2.05, 4.69) is 17.4 Å². The van der Waals surface area contributed by atoms with E-state index < -0.39 is 0 Å². The molecule has 1 aliphatic rings. The molecule has 1 unspecified atom stereocenters. The van der Waals surface area contributed by atoms with Gasteiger partial charge >= 0.3 is 6.03 Å². The maximum absolute atomic E-state index is 12.9. The Morgan fingerprint density at radius 3 is 2.55 bits per heavy atom. The van der Waals surface area contributed by atoms with E-state index in [9.17, 15) is 9.18 Å². The summed E-state index contributed by atoms with van der Waals surface area (Å²) in [5.41, 5.74) is 3.42. The zero-order valence-electron chi connectivity index (χ0n) is 12.6. The quantitative estimate of drug-likeness (QED) is 0.901. The SMILES string of the molecule is CC(NC(=O)N1CCc2ccccc2C1)c1ccc(F)cc1. The molecule has 0 saturated heterocycles. The van der Waals surface area contributed by atoms with Crippen molar-refractivity contribution in [1.29, 1.82) is 0 Å². The summed E-state index contributed by atoms with van der Waals surface area (Å²) in [5.74, 6) is -0.269. The first kappa shape index (κ1) is 14.6. The summed E-state index contributed by atoms with van der Waals surface area (Å²) < 4.78 is 12.9. The van der Waals surface area contributed by atoms with Crippen LogP contribution < -0.4 is 5.32 Å². The highest BCUT2D eigenvalue weighted by molar-refractivity contribution is 5.75. The van der Waals surface area contributed by atoms with Crippen molar-refractivity contribution in [2.24, 2.45) is 0 Å². The molecule has 1 N–H and O–H groups in total. The van der Waals surface area contributed by atoms with E-state index in [1.807, 2.05) is 24.0 Å². The average molecular weight is 298 g/mol. The Balaban J connectivity index is 1.64. The van der Waals surface area contributed by atoms with E-state index in [1.165, 1.54) is 23.3 Å². The molecule has 0 fully saturated rings. The number of nitrogens with zero attached hydrogens (tertiary/aromatic N) is 1. The minimum absolute atomic E-state index is 0.0775. The van der Waals surface area contributed by atoms with Crippen molar-refractivity contribution in [1.82, 2.24) is 10.2 Å². The van der Waals surface area contributed by atoms with Crippen molar-refractivity contribution in [3.05, 3.63) is 71.0 Å². The molecule has 2 amide bonds. The molecule has 0 bridgehead atoms. The van der Waals surface area contributed by atoms with Crippen molar-refractivity contribution in [2.45, 2.75) is 25.9 Å². The second kappa shape index (κ2) is 6.18. The van der Waals surface area contributed by atoms with Crippen LogP contribution in [-0.2, 0) is 13.0 Å². The van der Waals surface area contributed by atoms with E-state index in [1.54, 1.807) is 12.1 Å². The molecule has 0 radical (unpaired) electrons. The van der Waals surface area contributed by atoms with Gasteiger partial charge in [-0.25, -0.2) is 9.18 Å². The van der Waals surface area contributed by atoms with Gasteiger partial charge < -0.3 is 10.2 Å². The van der Waals surface area contributed by atoms with Crippen LogP contribution >= 0.6 is 0 Å². The van der Waals surface area contributed by atoms with Crippen LogP contribution in [-0.4, -0.2) is 17.5 Å². The van der Waals surface area contributed by atoms with E-state index in [0.29, 0.717) is 6.54 Å². The first-order valence-electron chi connectivity index (χ1n) is 7.51. The number of nitrogens with one attached hydrogen (secondary N) is 1. The van der Waals surface area contributed by atoms with E-state index in [4.69, 9.17) is 0 Å². The van der Waals surface area contributed by atoms with Crippen molar-refractivity contribution < 1.29 is 9.18 Å². The Bertz CT molecular complexity index is 669. The fraction of sp³-hybridized carbons (Fsp3) is 0.278. The zero-order valence-corrected chi connectivity index (χ0v) is 12.6. The lowest BCUT2D eigenvalue weighted by Crippen LogP contribution is -2.43. The first-order chi connectivity index (χ1) is 10.6. The molecule has 4 heteroatoms. The van der Waals surface area contributed by atoms with Crippen LogP contribution in [0.15, 0.2) is 48.5 Å². The van der Waals surface area contributed by atoms with Crippen molar-refractivity contribution in [2.75, 3.05) is 6.54 Å². The first-order valence-corrected chi connectivity index (χ1v) is 7.51. The zero-order chi connectivity index (χ0) is 15.5. The molecule has 0 spiro atoms. The summed E-state index contributed by atoms with van der Waals surface area (Å²) in [6.07, 6.45) is 0.883. The highest BCUT2D eigenvalue weighted by Gasteiger charge is 2.21. The summed E-state index contributed by atoms with van der Waals surface area (Å²) in [5, 5.41) is 2.98. The molecule has 2 aromatic carbocycles. The number of rotatable bonds is 2. The van der Waals surface area contributed by atoms with Gasteiger partial charge in [-0.05, 0) is 42.2 Å². The summed E-state index contributed by atoms with van der Waals surface area (Å²) in [6.45, 7) is 3.26. The summed E-state index contributed by atoms with van der Waals surface area (Å²) in [4.78, 5) is 14.2. The molecule has 0 aliphatic carbocycles. The van der Waals surface area contributed by atoms with E-state index in [-0.39, 0.29) is 17.9 Å². The normalized spacial score (nSPS) is 15.1. The molecular formula is C18H19FN2O. The second-order valence-electron chi connectivity index (χ2n) is 5.66. The number of hydrogen-bond donors (Lipinski definition) is 1. The third-order valence-corrected chi connectivity index (χ3v) is 4.13. The number of benzene rings is 2. The highest BCUT2D eigenvalue weighted by Crippen LogP contribution is 2.19. The molecule has 1 atom stereocenters. The van der Waals surface area contributed by atoms with Crippen LogP contribution in [0.25, 0.3) is 0 Å². The largest absolute Gasteiger partial charge is 0.331 e. The minimum Gasteiger partial charge on any atom is -0.331 e. The molecule has 0 aromatic heterocycles. The second-order valence-corrected chi connectivity index (χ2v) is 5.66. The van der Waals surface area contributed by atoms with Gasteiger partial charge in [-0.15, -0.1) is 0 Å². The number of urea groups is 1. The number of fused-ring (bicyclic) bond motifs is 1. The van der Waals surface area contributed by atoms with Crippen LogP contribution in [0.4, 0.5) is 9.18 Å². The fourth-order valence-corrected chi connectivity index (χ4v) is 2.78. The lowest BCUT2D eigenvalue weighted by molar-refractivity contribution is 0.189. The predicted molar refractivity (Wildman–Crippen MR) is 83.9 cm³/mol. The van der Waals surface area contributed by atoms with Gasteiger partial charge in [0, 0.05) is 13.1 Å². The van der Waals surface area contributed by atoms with Gasteiger partial charge in [0.15, 0.2) is 0 Å². The monoisotopic (exact) mass is 298 g/mol. The van der Waals surface area contributed by atoms with Gasteiger partial charge in [-0.3, -0.25) is 0 Å². The molecule has 2 aromatic rings. The Morgan fingerprint density at radius 1 is 1.14 bits per heavy atom. The van der Waals surface area contributed by atoms with Crippen LogP contribution in [0.1, 0.15) is 29.7 Å². The molecule has 0 saturated carbocycles. The number of carbonyl (C=O) groups is 1. The van der Waals surface area contributed by atoms with Crippen molar-refractivity contribution in [3.8, 4) is 0 Å². The average Bonchev–Trinajstić information content (AvgIpc) is 2.55. The molecule has 3 rings (SSSR count). The number of carbonyl (C=O) groups excluding carboxylic acids is 1. The molecule has 1 heterocycles. The summed E-state index contributed by atoms with van der Waals surface area (Å²) in [6, 6.07) is 14.2. The molecular weight excluding hydrogens is 279 g/mol. The standard InChI is InChI=1S/C18H19FN2O/c1-13(14-6-8-17(19)9-7-14)20-18(22)21-11-10-15-4-2-3-5-16(15)12-21/h2-9,13H,10-12H2,1H3,(H,20,22).